The number of imidazole rings is 1. The van der Waals surface area contributed by atoms with Gasteiger partial charge in [0.1, 0.15) is 11.6 Å². The van der Waals surface area contributed by atoms with E-state index in [0.717, 1.165) is 12.1 Å². The Morgan fingerprint density at radius 3 is 2.76 bits per heavy atom. The maximum absolute atomic E-state index is 13.6. The summed E-state index contributed by atoms with van der Waals surface area (Å²) in [5.74, 6) is -2.08. The Hall–Kier alpha value is -2.26. The minimum Gasteiger partial charge on any atom is -0.478 e. The number of aryl methyl sites for hydroxylation is 1. The summed E-state index contributed by atoms with van der Waals surface area (Å²) in [6, 6.07) is 1.86. The van der Waals surface area contributed by atoms with Crippen LogP contribution in [0.2, 0.25) is 0 Å². The van der Waals surface area contributed by atoms with Gasteiger partial charge in [0.15, 0.2) is 0 Å². The molecule has 0 aliphatic heterocycles. The third-order valence-corrected chi connectivity index (χ3v) is 4.13. The number of hydrogen-bond acceptors (Lipinski definition) is 4. The molecule has 3 N–H and O–H groups in total. The second kappa shape index (κ2) is 5.62. The number of carboxylic acid groups (broad SMARTS) is 1. The van der Waals surface area contributed by atoms with E-state index in [2.05, 4.69) is 14.7 Å². The first kappa shape index (κ1) is 15.1. The lowest BCUT2D eigenvalue weighted by atomic mass is 10.1. The summed E-state index contributed by atoms with van der Waals surface area (Å²) in [6.07, 6.45) is 3.00. The van der Waals surface area contributed by atoms with Crippen LogP contribution in [0.15, 0.2) is 29.4 Å². The van der Waals surface area contributed by atoms with Gasteiger partial charge in [-0.05, 0) is 24.6 Å². The molecule has 0 radical (unpaired) electrons. The van der Waals surface area contributed by atoms with Gasteiger partial charge >= 0.3 is 5.97 Å². The van der Waals surface area contributed by atoms with Crippen LogP contribution in [0.5, 0.6) is 0 Å². The molecule has 0 bridgehead atoms. The second-order valence-electron chi connectivity index (χ2n) is 4.27. The molecule has 2 rings (SSSR count). The van der Waals surface area contributed by atoms with Gasteiger partial charge in [0.05, 0.1) is 17.0 Å². The van der Waals surface area contributed by atoms with Crippen LogP contribution in [-0.4, -0.2) is 29.5 Å². The van der Waals surface area contributed by atoms with Gasteiger partial charge in [-0.2, -0.15) is 0 Å². The molecule has 1 aromatic heterocycles. The van der Waals surface area contributed by atoms with Gasteiger partial charge in [0.2, 0.25) is 10.0 Å². The highest BCUT2D eigenvalue weighted by Crippen LogP contribution is 2.19. The van der Waals surface area contributed by atoms with Gasteiger partial charge in [-0.25, -0.2) is 27.3 Å². The van der Waals surface area contributed by atoms with E-state index in [1.807, 2.05) is 0 Å². The van der Waals surface area contributed by atoms with E-state index < -0.39 is 27.4 Å². The number of H-pyrrole nitrogens is 1. The summed E-state index contributed by atoms with van der Waals surface area (Å²) in [5.41, 5.74) is -0.748. The van der Waals surface area contributed by atoms with Gasteiger partial charge in [0.25, 0.3) is 0 Å². The molecule has 2 aromatic rings. The minimum atomic E-state index is -3.97. The van der Waals surface area contributed by atoms with Crippen LogP contribution in [0.1, 0.15) is 21.7 Å². The first-order valence-corrected chi connectivity index (χ1v) is 7.31. The molecule has 7 nitrogen and oxygen atoms in total. The van der Waals surface area contributed by atoms with E-state index in [4.69, 9.17) is 5.11 Å². The van der Waals surface area contributed by atoms with Crippen molar-refractivity contribution in [2.75, 3.05) is 0 Å². The largest absolute Gasteiger partial charge is 0.478 e. The quantitative estimate of drug-likeness (QED) is 0.763. The Labute approximate surface area is 119 Å². The van der Waals surface area contributed by atoms with Crippen molar-refractivity contribution >= 4 is 16.0 Å². The highest BCUT2D eigenvalue weighted by atomic mass is 32.2. The van der Waals surface area contributed by atoms with Crippen LogP contribution in [0.25, 0.3) is 0 Å². The van der Waals surface area contributed by atoms with Crippen molar-refractivity contribution in [3.63, 3.8) is 0 Å². The number of nitrogens with zero attached hydrogens (tertiary/aromatic N) is 1. The molecule has 1 aromatic carbocycles. The molecule has 0 spiro atoms. The predicted molar refractivity (Wildman–Crippen MR) is 70.7 cm³/mol. The molecule has 21 heavy (non-hydrogen) atoms. The SMILES string of the molecule is Cc1cc(S(=O)(=O)NCc2ncc[nH]2)cc(C(=O)O)c1F. The van der Waals surface area contributed by atoms with E-state index in [-0.39, 0.29) is 17.0 Å². The van der Waals surface area contributed by atoms with Crippen molar-refractivity contribution in [1.82, 2.24) is 14.7 Å². The first-order chi connectivity index (χ1) is 9.81. The number of aromatic amines is 1. The van der Waals surface area contributed by atoms with Gasteiger partial charge < -0.3 is 10.1 Å². The normalized spacial score (nSPS) is 11.5. The number of halogens is 1. The maximum atomic E-state index is 13.6. The standard InChI is InChI=1S/C12H12FN3O4S/c1-7-4-8(5-9(11(7)13)12(17)18)21(19,20)16-6-10-14-2-3-15-10/h2-5,16H,6H2,1H3,(H,14,15)(H,17,18). The molecule has 0 fully saturated rings. The fourth-order valence-electron chi connectivity index (χ4n) is 1.69. The van der Waals surface area contributed by atoms with E-state index in [0.29, 0.717) is 5.82 Å². The second-order valence-corrected chi connectivity index (χ2v) is 6.03. The van der Waals surface area contributed by atoms with Crippen molar-refractivity contribution < 1.29 is 22.7 Å². The van der Waals surface area contributed by atoms with E-state index in [9.17, 15) is 17.6 Å². The lowest BCUT2D eigenvalue weighted by Gasteiger charge is -2.09. The number of carboxylic acids is 1. The highest BCUT2D eigenvalue weighted by molar-refractivity contribution is 7.89. The van der Waals surface area contributed by atoms with Crippen LogP contribution in [0.4, 0.5) is 4.39 Å². The summed E-state index contributed by atoms with van der Waals surface area (Å²) in [6.45, 7) is 1.21. The van der Waals surface area contributed by atoms with Crippen molar-refractivity contribution in [2.24, 2.45) is 0 Å². The Morgan fingerprint density at radius 2 is 2.19 bits per heavy atom. The Morgan fingerprint density at radius 1 is 1.48 bits per heavy atom. The van der Waals surface area contributed by atoms with Crippen LogP contribution in [0.3, 0.4) is 0 Å². The fraction of sp³-hybridized carbons (Fsp3) is 0.167. The number of sulfonamides is 1. The smallest absolute Gasteiger partial charge is 0.338 e. The van der Waals surface area contributed by atoms with Crippen molar-refractivity contribution in [1.29, 1.82) is 0 Å². The number of rotatable bonds is 5. The highest BCUT2D eigenvalue weighted by Gasteiger charge is 2.21. The summed E-state index contributed by atoms with van der Waals surface area (Å²) >= 11 is 0. The van der Waals surface area contributed by atoms with E-state index >= 15 is 0 Å². The molecule has 0 saturated carbocycles. The van der Waals surface area contributed by atoms with E-state index in [1.165, 1.54) is 19.3 Å². The molecule has 112 valence electrons. The average Bonchev–Trinajstić information content (AvgIpc) is 2.92. The lowest BCUT2D eigenvalue weighted by Crippen LogP contribution is -2.24. The molecule has 0 atom stereocenters. The van der Waals surface area contributed by atoms with Crippen molar-refractivity contribution in [3.05, 3.63) is 47.3 Å². The van der Waals surface area contributed by atoms with Gasteiger partial charge in [-0.3, -0.25) is 0 Å². The minimum absolute atomic E-state index is 0.0618. The lowest BCUT2D eigenvalue weighted by molar-refractivity contribution is 0.0691. The molecule has 0 amide bonds. The number of benzene rings is 1. The third-order valence-electron chi connectivity index (χ3n) is 2.75. The molecule has 0 aliphatic rings. The number of carbonyl (C=O) groups is 1. The summed E-state index contributed by atoms with van der Waals surface area (Å²) < 4.78 is 40.1. The first-order valence-electron chi connectivity index (χ1n) is 5.82. The summed E-state index contributed by atoms with van der Waals surface area (Å²) in [7, 11) is -3.97. The van der Waals surface area contributed by atoms with Gasteiger partial charge in [-0.1, -0.05) is 0 Å². The van der Waals surface area contributed by atoms with Crippen LogP contribution in [-0.2, 0) is 16.6 Å². The number of hydrogen-bond donors (Lipinski definition) is 3. The monoisotopic (exact) mass is 313 g/mol. The van der Waals surface area contributed by atoms with Crippen LogP contribution >= 0.6 is 0 Å². The van der Waals surface area contributed by atoms with Crippen LogP contribution < -0.4 is 4.72 Å². The zero-order chi connectivity index (χ0) is 15.6. The summed E-state index contributed by atoms with van der Waals surface area (Å²) in [5, 5.41) is 8.89. The molecule has 0 saturated heterocycles. The number of aromatic nitrogens is 2. The Bertz CT molecular complexity index is 772. The molecule has 9 heteroatoms. The van der Waals surface area contributed by atoms with E-state index in [1.54, 1.807) is 0 Å². The third kappa shape index (κ3) is 3.26. The molecule has 0 aliphatic carbocycles. The van der Waals surface area contributed by atoms with Gasteiger partial charge in [-0.15, -0.1) is 0 Å². The Balaban J connectivity index is 2.33. The molecule has 1 heterocycles. The van der Waals surface area contributed by atoms with Gasteiger partial charge in [0, 0.05) is 12.4 Å². The zero-order valence-corrected chi connectivity index (χ0v) is 11.7. The number of nitrogens with one attached hydrogen (secondary N) is 2. The molecular weight excluding hydrogens is 301 g/mol. The number of aromatic carboxylic acids is 1. The molecule has 0 unspecified atom stereocenters. The average molecular weight is 313 g/mol. The predicted octanol–water partition coefficient (Wildman–Crippen LogP) is 1.03. The Kier molecular flexibility index (Phi) is 4.05. The fourth-order valence-corrected chi connectivity index (χ4v) is 2.79. The summed E-state index contributed by atoms with van der Waals surface area (Å²) in [4.78, 5) is 17.2. The van der Waals surface area contributed by atoms with Crippen molar-refractivity contribution in [3.8, 4) is 0 Å². The topological polar surface area (TPSA) is 112 Å². The molecular formula is C12H12FN3O4S. The van der Waals surface area contributed by atoms with Crippen LogP contribution in [0, 0.1) is 12.7 Å². The van der Waals surface area contributed by atoms with Crippen molar-refractivity contribution in [2.45, 2.75) is 18.4 Å². The maximum Gasteiger partial charge on any atom is 0.338 e. The zero-order valence-electron chi connectivity index (χ0n) is 10.9.